The van der Waals surface area contributed by atoms with Crippen molar-refractivity contribution in [1.29, 1.82) is 0 Å². The summed E-state index contributed by atoms with van der Waals surface area (Å²) in [6.07, 6.45) is 9.59. The molecular weight excluding hydrogens is 452 g/mol. The minimum atomic E-state index is -0.864. The molecule has 3 rings (SSSR count). The first-order chi connectivity index (χ1) is 17.2. The van der Waals surface area contributed by atoms with Crippen molar-refractivity contribution in [2.24, 2.45) is 34.7 Å². The van der Waals surface area contributed by atoms with E-state index in [2.05, 4.69) is 43.4 Å². The van der Waals surface area contributed by atoms with Crippen LogP contribution in [0.1, 0.15) is 83.3 Å². The van der Waals surface area contributed by atoms with Crippen molar-refractivity contribution in [2.75, 3.05) is 12.4 Å². The van der Waals surface area contributed by atoms with Gasteiger partial charge in [0.1, 0.15) is 7.11 Å². The first kappa shape index (κ1) is 27.9. The van der Waals surface area contributed by atoms with E-state index in [1.807, 2.05) is 19.1 Å². The molecule has 2 aliphatic rings. The zero-order valence-corrected chi connectivity index (χ0v) is 22.7. The number of hydrogen-bond donors (Lipinski definition) is 2. The number of carbonyl (C=O) groups excluding carboxylic acids is 1. The number of oxime groups is 1. The van der Waals surface area contributed by atoms with Gasteiger partial charge in [-0.25, -0.2) is 0 Å². The van der Waals surface area contributed by atoms with Gasteiger partial charge in [-0.05, 0) is 92.7 Å². The zero-order valence-electron chi connectivity index (χ0n) is 22.7. The number of rotatable bonds is 14. The largest absolute Gasteiger partial charge is 0.481 e. The molecule has 1 unspecified atom stereocenters. The van der Waals surface area contributed by atoms with Crippen LogP contribution in [-0.2, 0) is 20.8 Å². The average Bonchev–Trinajstić information content (AvgIpc) is 3.63. The number of nitrogens with one attached hydrogen (secondary N) is 1. The molecule has 0 aliphatic heterocycles. The van der Waals surface area contributed by atoms with Crippen LogP contribution >= 0.6 is 0 Å². The van der Waals surface area contributed by atoms with Crippen LogP contribution in [0.4, 0.5) is 5.69 Å². The molecule has 1 atom stereocenters. The number of aryl methyl sites for hydroxylation is 2. The Balaban J connectivity index is 1.79. The van der Waals surface area contributed by atoms with Crippen LogP contribution in [0.3, 0.4) is 0 Å². The number of aliphatic carboxylic acids is 1. The van der Waals surface area contributed by atoms with Crippen molar-refractivity contribution >= 4 is 23.3 Å². The van der Waals surface area contributed by atoms with Crippen LogP contribution in [0.2, 0.25) is 0 Å². The van der Waals surface area contributed by atoms with Gasteiger partial charge in [-0.1, -0.05) is 49.7 Å². The molecule has 198 valence electrons. The summed E-state index contributed by atoms with van der Waals surface area (Å²) in [6, 6.07) is 6.03. The topological polar surface area (TPSA) is 88.0 Å². The summed E-state index contributed by atoms with van der Waals surface area (Å²) in [4.78, 5) is 29.9. The third kappa shape index (κ3) is 8.21. The Morgan fingerprint density at radius 1 is 1.25 bits per heavy atom. The number of allylic oxidation sites excluding steroid dienone is 2. The summed E-state index contributed by atoms with van der Waals surface area (Å²) in [5.74, 6) is 1.16. The lowest BCUT2D eigenvalue weighted by atomic mass is 9.70. The predicted octanol–water partition coefficient (Wildman–Crippen LogP) is 6.78. The highest BCUT2D eigenvalue weighted by atomic mass is 16.6. The van der Waals surface area contributed by atoms with Crippen LogP contribution in [0.15, 0.2) is 35.0 Å². The summed E-state index contributed by atoms with van der Waals surface area (Å²) < 4.78 is 0. The molecule has 1 aromatic rings. The molecule has 6 nitrogen and oxygen atoms in total. The van der Waals surface area contributed by atoms with E-state index in [-0.39, 0.29) is 24.7 Å². The summed E-state index contributed by atoms with van der Waals surface area (Å²) >= 11 is 0. The predicted molar refractivity (Wildman–Crippen MR) is 145 cm³/mol. The van der Waals surface area contributed by atoms with E-state index in [0.29, 0.717) is 24.2 Å². The van der Waals surface area contributed by atoms with E-state index in [4.69, 9.17) is 4.84 Å². The molecule has 0 saturated heterocycles. The van der Waals surface area contributed by atoms with Gasteiger partial charge in [0.15, 0.2) is 0 Å². The molecule has 0 bridgehead atoms. The van der Waals surface area contributed by atoms with E-state index in [1.54, 1.807) is 0 Å². The molecular formula is C30H44N2O4. The van der Waals surface area contributed by atoms with Crippen molar-refractivity contribution in [3.63, 3.8) is 0 Å². The van der Waals surface area contributed by atoms with Gasteiger partial charge >= 0.3 is 5.97 Å². The lowest BCUT2D eigenvalue weighted by Gasteiger charge is -2.35. The summed E-state index contributed by atoms with van der Waals surface area (Å²) in [5, 5.41) is 16.9. The minimum absolute atomic E-state index is 0.0107. The van der Waals surface area contributed by atoms with Gasteiger partial charge in [0, 0.05) is 24.4 Å². The molecule has 36 heavy (non-hydrogen) atoms. The lowest BCUT2D eigenvalue weighted by Crippen LogP contribution is -2.28. The Hall–Kier alpha value is -2.63. The number of carbonyl (C=O) groups is 2. The maximum Gasteiger partial charge on any atom is 0.303 e. The highest BCUT2D eigenvalue weighted by Gasteiger charge is 2.36. The Morgan fingerprint density at radius 2 is 1.97 bits per heavy atom. The van der Waals surface area contributed by atoms with E-state index < -0.39 is 5.97 Å². The Morgan fingerprint density at radius 3 is 2.56 bits per heavy atom. The molecule has 2 N–H and O–H groups in total. The second kappa shape index (κ2) is 13.1. The van der Waals surface area contributed by atoms with Gasteiger partial charge in [-0.15, -0.1) is 0 Å². The molecule has 1 amide bonds. The van der Waals surface area contributed by atoms with Gasteiger partial charge in [0.2, 0.25) is 5.91 Å². The molecule has 2 aliphatic carbocycles. The summed E-state index contributed by atoms with van der Waals surface area (Å²) in [6.45, 7) is 8.67. The second-order valence-electron chi connectivity index (χ2n) is 11.2. The van der Waals surface area contributed by atoms with E-state index in [0.717, 1.165) is 47.7 Å². The van der Waals surface area contributed by atoms with Gasteiger partial charge in [0.25, 0.3) is 0 Å². The molecule has 0 radical (unpaired) electrons. The first-order valence-corrected chi connectivity index (χ1v) is 13.6. The van der Waals surface area contributed by atoms with Crippen LogP contribution in [-0.4, -0.2) is 29.8 Å². The van der Waals surface area contributed by atoms with Crippen LogP contribution in [0.25, 0.3) is 0 Å². The molecule has 0 heterocycles. The Labute approximate surface area is 216 Å². The smallest absolute Gasteiger partial charge is 0.303 e. The fourth-order valence-electron chi connectivity index (χ4n) is 5.52. The maximum atomic E-state index is 13.2. The van der Waals surface area contributed by atoms with Gasteiger partial charge in [0.05, 0.1) is 5.71 Å². The third-order valence-electron chi connectivity index (χ3n) is 7.44. The molecule has 6 heteroatoms. The lowest BCUT2D eigenvalue weighted by molar-refractivity contribution is -0.137. The van der Waals surface area contributed by atoms with Crippen LogP contribution in [0.5, 0.6) is 0 Å². The number of anilines is 1. The van der Waals surface area contributed by atoms with Gasteiger partial charge in [-0.3, -0.25) is 9.59 Å². The quantitative estimate of drug-likeness (QED) is 0.219. The van der Waals surface area contributed by atoms with Crippen LogP contribution in [0, 0.1) is 36.5 Å². The molecule has 1 aromatic carbocycles. The van der Waals surface area contributed by atoms with E-state index >= 15 is 0 Å². The highest BCUT2D eigenvalue weighted by molar-refractivity contribution is 6.05. The summed E-state index contributed by atoms with van der Waals surface area (Å²) in [7, 11) is 1.53. The standard InChI is InChI=1S/C30H44N2O4/c1-6-23-14-20(4)7-11-27(23)31-28(33)18-25(10-12-29(34)35)30(32-36-5)26(24-8-9-24)17-22-15-21(16-22)13-19(2)3/h7,11,14,17,19,21-22,24-25H,6,8-10,12-13,15-16,18H2,1-5H3,(H,31,33)(H,34,35)/b26-17+,32-30-. The maximum absolute atomic E-state index is 13.2. The minimum Gasteiger partial charge on any atom is -0.481 e. The number of hydrogen-bond acceptors (Lipinski definition) is 4. The fraction of sp³-hybridized carbons (Fsp3) is 0.633. The second-order valence-corrected chi connectivity index (χ2v) is 11.2. The van der Waals surface area contributed by atoms with Gasteiger partial charge in [-0.2, -0.15) is 0 Å². The third-order valence-corrected chi connectivity index (χ3v) is 7.44. The Kier molecular flexibility index (Phi) is 10.1. The number of nitrogens with zero attached hydrogens (tertiary/aromatic N) is 1. The van der Waals surface area contributed by atoms with E-state index in [9.17, 15) is 14.7 Å². The molecule has 0 aromatic heterocycles. The number of amides is 1. The number of carboxylic acids is 1. The fourth-order valence-corrected chi connectivity index (χ4v) is 5.52. The molecule has 0 spiro atoms. The average molecular weight is 497 g/mol. The first-order valence-electron chi connectivity index (χ1n) is 13.6. The monoisotopic (exact) mass is 496 g/mol. The van der Waals surface area contributed by atoms with Gasteiger partial charge < -0.3 is 15.3 Å². The number of benzene rings is 1. The van der Waals surface area contributed by atoms with Crippen molar-refractivity contribution in [2.45, 2.75) is 85.5 Å². The molecule has 2 saturated carbocycles. The SMILES string of the molecule is CCc1cc(C)ccc1NC(=O)CC(CCC(=O)O)C(=N/OC)/C(=C/C1CC(CC(C)C)C1)C1CC1. The van der Waals surface area contributed by atoms with E-state index in [1.165, 1.54) is 31.9 Å². The molecule has 2 fully saturated rings. The van der Waals surface area contributed by atoms with Crippen molar-refractivity contribution in [1.82, 2.24) is 0 Å². The number of carboxylic acid groups (broad SMARTS) is 1. The summed E-state index contributed by atoms with van der Waals surface area (Å²) in [5.41, 5.74) is 5.01. The van der Waals surface area contributed by atoms with Crippen molar-refractivity contribution < 1.29 is 19.5 Å². The van der Waals surface area contributed by atoms with Crippen molar-refractivity contribution in [3.05, 3.63) is 41.0 Å². The zero-order chi connectivity index (χ0) is 26.2. The van der Waals surface area contributed by atoms with Crippen molar-refractivity contribution in [3.8, 4) is 0 Å². The van der Waals surface area contributed by atoms with Crippen LogP contribution < -0.4 is 5.32 Å². The Bertz CT molecular complexity index is 971. The highest BCUT2D eigenvalue weighted by Crippen LogP contribution is 2.44. The normalized spacial score (nSPS) is 21.2.